The first-order valence-electron chi connectivity index (χ1n) is 9.70. The fourth-order valence-electron chi connectivity index (χ4n) is 4.04. The van der Waals surface area contributed by atoms with E-state index in [2.05, 4.69) is 0 Å². The lowest BCUT2D eigenvalue weighted by Crippen LogP contribution is -2.36. The Bertz CT molecular complexity index is 947. The minimum Gasteiger partial charge on any atom is -0.507 e. The molecule has 150 valence electrons. The van der Waals surface area contributed by atoms with Gasteiger partial charge in [0.25, 0.3) is 11.7 Å². The van der Waals surface area contributed by atoms with Gasteiger partial charge in [0.1, 0.15) is 11.5 Å². The predicted molar refractivity (Wildman–Crippen MR) is 107 cm³/mol. The summed E-state index contributed by atoms with van der Waals surface area (Å²) in [4.78, 5) is 27.5. The van der Waals surface area contributed by atoms with Crippen LogP contribution in [-0.2, 0) is 14.3 Å². The van der Waals surface area contributed by atoms with E-state index in [9.17, 15) is 14.7 Å². The van der Waals surface area contributed by atoms with Crippen molar-refractivity contribution in [3.05, 3.63) is 71.3 Å². The molecule has 0 aliphatic carbocycles. The molecule has 29 heavy (non-hydrogen) atoms. The topological polar surface area (TPSA) is 76.1 Å². The molecule has 2 atom stereocenters. The highest BCUT2D eigenvalue weighted by Gasteiger charge is 2.47. The molecule has 0 radical (unpaired) electrons. The Morgan fingerprint density at radius 1 is 1.14 bits per heavy atom. The van der Waals surface area contributed by atoms with Crippen molar-refractivity contribution in [3.63, 3.8) is 0 Å². The number of rotatable bonds is 5. The minimum absolute atomic E-state index is 0.0729. The van der Waals surface area contributed by atoms with Gasteiger partial charge >= 0.3 is 0 Å². The van der Waals surface area contributed by atoms with Crippen LogP contribution in [0.4, 0.5) is 0 Å². The van der Waals surface area contributed by atoms with Crippen LogP contribution in [0, 0.1) is 0 Å². The molecular weight excluding hydrogens is 370 g/mol. The van der Waals surface area contributed by atoms with Gasteiger partial charge in [-0.15, -0.1) is 0 Å². The van der Waals surface area contributed by atoms with Gasteiger partial charge in [-0.05, 0) is 18.9 Å². The molecule has 2 aromatic rings. The van der Waals surface area contributed by atoms with Gasteiger partial charge in [-0.25, -0.2) is 0 Å². The van der Waals surface area contributed by atoms with E-state index in [1.54, 1.807) is 37.4 Å². The Labute approximate surface area is 169 Å². The number of ketones is 1. The summed E-state index contributed by atoms with van der Waals surface area (Å²) in [5.74, 6) is -0.959. The molecule has 6 heteroatoms. The van der Waals surface area contributed by atoms with Crippen molar-refractivity contribution < 1.29 is 24.2 Å². The number of methoxy groups -OCH3 is 1. The number of nitrogens with zero attached hydrogens (tertiary/aromatic N) is 1. The van der Waals surface area contributed by atoms with Crippen LogP contribution in [0.25, 0.3) is 5.76 Å². The largest absolute Gasteiger partial charge is 0.507 e. The number of para-hydroxylation sites is 1. The summed E-state index contributed by atoms with van der Waals surface area (Å²) in [5, 5.41) is 11.0. The predicted octanol–water partition coefficient (Wildman–Crippen LogP) is 3.30. The molecule has 2 aliphatic rings. The van der Waals surface area contributed by atoms with Crippen molar-refractivity contribution in [2.75, 3.05) is 20.3 Å². The summed E-state index contributed by atoms with van der Waals surface area (Å²) in [7, 11) is 1.54. The van der Waals surface area contributed by atoms with E-state index in [0.717, 1.165) is 12.8 Å². The Balaban J connectivity index is 1.86. The highest BCUT2D eigenvalue weighted by Crippen LogP contribution is 2.43. The number of ether oxygens (including phenoxy) is 2. The van der Waals surface area contributed by atoms with Crippen molar-refractivity contribution >= 4 is 17.4 Å². The van der Waals surface area contributed by atoms with Crippen LogP contribution >= 0.6 is 0 Å². The molecule has 0 spiro atoms. The average Bonchev–Trinajstić information content (AvgIpc) is 3.36. The van der Waals surface area contributed by atoms with Gasteiger partial charge in [-0.3, -0.25) is 9.59 Å². The third kappa shape index (κ3) is 3.51. The van der Waals surface area contributed by atoms with Crippen molar-refractivity contribution in [2.24, 2.45) is 0 Å². The monoisotopic (exact) mass is 393 g/mol. The van der Waals surface area contributed by atoms with Crippen LogP contribution < -0.4 is 4.74 Å². The number of aliphatic hydroxyl groups excluding tert-OH is 1. The fourth-order valence-corrected chi connectivity index (χ4v) is 4.04. The number of hydrogen-bond acceptors (Lipinski definition) is 5. The number of amides is 1. The van der Waals surface area contributed by atoms with Crippen molar-refractivity contribution in [3.8, 4) is 5.75 Å². The smallest absolute Gasteiger partial charge is 0.295 e. The highest BCUT2D eigenvalue weighted by molar-refractivity contribution is 6.46. The van der Waals surface area contributed by atoms with Crippen LogP contribution in [0.3, 0.4) is 0 Å². The van der Waals surface area contributed by atoms with Crippen LogP contribution in [0.15, 0.2) is 60.2 Å². The Hall–Kier alpha value is -3.12. The van der Waals surface area contributed by atoms with Crippen molar-refractivity contribution in [2.45, 2.75) is 25.0 Å². The van der Waals surface area contributed by atoms with E-state index in [1.165, 1.54) is 4.90 Å². The lowest BCUT2D eigenvalue weighted by atomic mass is 9.94. The number of benzene rings is 2. The third-order valence-corrected chi connectivity index (χ3v) is 5.45. The second-order valence-corrected chi connectivity index (χ2v) is 7.19. The SMILES string of the molecule is COc1ccccc1C1/C(=C(/O)c2ccccc2)C(=O)C(=O)N1CC1CCCO1. The summed E-state index contributed by atoms with van der Waals surface area (Å²) in [5.41, 5.74) is 1.22. The zero-order valence-corrected chi connectivity index (χ0v) is 16.2. The van der Waals surface area contributed by atoms with Gasteiger partial charge in [-0.2, -0.15) is 0 Å². The molecule has 1 N–H and O–H groups in total. The summed E-state index contributed by atoms with van der Waals surface area (Å²) < 4.78 is 11.2. The summed E-state index contributed by atoms with van der Waals surface area (Å²) in [6.45, 7) is 0.941. The molecule has 2 unspecified atom stereocenters. The van der Waals surface area contributed by atoms with E-state index in [4.69, 9.17) is 9.47 Å². The van der Waals surface area contributed by atoms with Gasteiger partial charge in [-0.1, -0.05) is 48.5 Å². The molecule has 2 saturated heterocycles. The van der Waals surface area contributed by atoms with E-state index >= 15 is 0 Å². The molecule has 2 fully saturated rings. The fraction of sp³-hybridized carbons (Fsp3) is 0.304. The summed E-state index contributed by atoms with van der Waals surface area (Å²) >= 11 is 0. The number of likely N-dealkylation sites (tertiary alicyclic amines) is 1. The van der Waals surface area contributed by atoms with E-state index in [1.807, 2.05) is 24.3 Å². The normalized spacial score (nSPS) is 23.6. The molecule has 1 amide bonds. The standard InChI is InChI=1S/C23H23NO5/c1-28-18-12-6-5-11-17(18)20-19(21(25)15-8-3-2-4-9-15)22(26)23(27)24(20)14-16-10-7-13-29-16/h2-6,8-9,11-12,16,20,25H,7,10,13-14H2,1H3/b21-19-. The van der Waals surface area contributed by atoms with Gasteiger partial charge in [0.15, 0.2) is 0 Å². The Morgan fingerprint density at radius 2 is 1.86 bits per heavy atom. The quantitative estimate of drug-likeness (QED) is 0.479. The van der Waals surface area contributed by atoms with Gasteiger partial charge in [0.05, 0.1) is 24.8 Å². The van der Waals surface area contributed by atoms with Crippen LogP contribution in [0.1, 0.15) is 30.0 Å². The molecule has 2 aromatic carbocycles. The zero-order valence-electron chi connectivity index (χ0n) is 16.2. The average molecular weight is 393 g/mol. The second kappa shape index (κ2) is 8.09. The van der Waals surface area contributed by atoms with Gasteiger partial charge in [0, 0.05) is 24.3 Å². The number of aliphatic hydroxyl groups is 1. The van der Waals surface area contributed by atoms with E-state index in [0.29, 0.717) is 30.0 Å². The maximum absolute atomic E-state index is 13.0. The number of hydrogen-bond donors (Lipinski definition) is 1. The molecule has 0 aromatic heterocycles. The summed E-state index contributed by atoms with van der Waals surface area (Å²) in [6, 6.07) is 15.3. The van der Waals surface area contributed by atoms with Crippen molar-refractivity contribution in [1.29, 1.82) is 0 Å². The van der Waals surface area contributed by atoms with E-state index < -0.39 is 17.7 Å². The maximum atomic E-state index is 13.0. The molecule has 0 bridgehead atoms. The van der Waals surface area contributed by atoms with E-state index in [-0.39, 0.29) is 17.4 Å². The second-order valence-electron chi connectivity index (χ2n) is 7.19. The minimum atomic E-state index is -0.740. The van der Waals surface area contributed by atoms with Crippen LogP contribution in [0.2, 0.25) is 0 Å². The Morgan fingerprint density at radius 3 is 2.55 bits per heavy atom. The first-order chi connectivity index (χ1) is 14.1. The molecule has 0 saturated carbocycles. The lowest BCUT2D eigenvalue weighted by Gasteiger charge is -2.28. The molecular formula is C23H23NO5. The first kappa shape index (κ1) is 19.2. The maximum Gasteiger partial charge on any atom is 0.295 e. The highest BCUT2D eigenvalue weighted by atomic mass is 16.5. The molecule has 6 nitrogen and oxygen atoms in total. The van der Waals surface area contributed by atoms with Gasteiger partial charge < -0.3 is 19.5 Å². The van der Waals surface area contributed by atoms with Gasteiger partial charge in [0.2, 0.25) is 0 Å². The molecule has 2 aliphatic heterocycles. The van der Waals surface area contributed by atoms with Crippen molar-refractivity contribution in [1.82, 2.24) is 4.90 Å². The van der Waals surface area contributed by atoms with Crippen LogP contribution in [-0.4, -0.2) is 48.1 Å². The lowest BCUT2D eigenvalue weighted by molar-refractivity contribution is -0.140. The number of Topliss-reactive ketones (excluding diaryl/α,β-unsaturated/α-hetero) is 1. The summed E-state index contributed by atoms with van der Waals surface area (Å²) in [6.07, 6.45) is 1.64. The Kier molecular flexibility index (Phi) is 5.36. The molecule has 4 rings (SSSR count). The third-order valence-electron chi connectivity index (χ3n) is 5.45. The molecule has 2 heterocycles. The first-order valence-corrected chi connectivity index (χ1v) is 9.70. The number of carbonyl (C=O) groups excluding carboxylic acids is 2. The zero-order chi connectivity index (χ0) is 20.4. The van der Waals surface area contributed by atoms with Crippen LogP contribution in [0.5, 0.6) is 5.75 Å². The number of carbonyl (C=O) groups is 2.